The molecule has 1 rings (SSSR count). The number of phosphoric acid groups is 1. The molecule has 0 unspecified atom stereocenters. The topological polar surface area (TPSA) is 44.8 Å². The van der Waals surface area contributed by atoms with Crippen molar-refractivity contribution in [2.75, 3.05) is 6.61 Å². The fourth-order valence-electron chi connectivity index (χ4n) is 0.281. The van der Waals surface area contributed by atoms with Crippen molar-refractivity contribution < 1.29 is 17.0 Å². The van der Waals surface area contributed by atoms with Crippen LogP contribution in [0, 0.1) is 0 Å². The van der Waals surface area contributed by atoms with Gasteiger partial charge in [-0.2, -0.15) is 7.94 Å². The first-order chi connectivity index (χ1) is 3.77. The Kier molecular flexibility index (Phi) is 1.95. The third-order valence-electron chi connectivity index (χ3n) is 0.531. The van der Waals surface area contributed by atoms with E-state index in [0.29, 0.717) is 18.9 Å². The summed E-state index contributed by atoms with van der Waals surface area (Å²) in [5.41, 5.74) is 0. The van der Waals surface area contributed by atoms with Crippen LogP contribution in [0.4, 0.5) is 0 Å². The average molecular weight is 156 g/mol. The Morgan fingerprint density at radius 1 is 1.75 bits per heavy atom. The molecule has 1 heterocycles. The van der Waals surface area contributed by atoms with Crippen LogP contribution in [0.15, 0.2) is 0 Å². The third-order valence-corrected chi connectivity index (χ3v) is 3.05. The first-order valence-electron chi connectivity index (χ1n) is 2.06. The van der Waals surface area contributed by atoms with Gasteiger partial charge in [0, 0.05) is 0 Å². The number of hydrogen-bond acceptors (Lipinski definition) is 5. The summed E-state index contributed by atoms with van der Waals surface area (Å²) in [7, 11) is -3.03. The molecule has 0 atom stereocenters. The van der Waals surface area contributed by atoms with Gasteiger partial charge in [0.1, 0.15) is 0 Å². The predicted molar refractivity (Wildman–Crippen MR) is 29.0 cm³/mol. The Morgan fingerprint density at radius 3 is 2.50 bits per heavy atom. The second-order valence-electron chi connectivity index (χ2n) is 1.08. The van der Waals surface area contributed by atoms with Gasteiger partial charge in [0.2, 0.25) is 0 Å². The maximum Gasteiger partial charge on any atom is 0.501 e. The van der Waals surface area contributed by atoms with E-state index in [1.807, 2.05) is 0 Å². The predicted octanol–water partition coefficient (Wildman–Crippen LogP) is 1.74. The van der Waals surface area contributed by atoms with E-state index < -0.39 is 7.82 Å². The molecule has 1 fully saturated rings. The minimum atomic E-state index is -3.03. The molecule has 1 saturated heterocycles. The van der Waals surface area contributed by atoms with Crippen molar-refractivity contribution in [3.63, 3.8) is 0 Å². The summed E-state index contributed by atoms with van der Waals surface area (Å²) in [5, 5.41) is 0. The highest BCUT2D eigenvalue weighted by molar-refractivity contribution is 8.02. The van der Waals surface area contributed by atoms with Crippen LogP contribution in [-0.2, 0) is 17.0 Å². The Hall–Kier alpha value is 0.460. The second-order valence-corrected chi connectivity index (χ2v) is 3.56. The molecule has 0 aliphatic carbocycles. The smallest absolute Gasteiger partial charge is 0.286 e. The van der Waals surface area contributed by atoms with Gasteiger partial charge in [-0.15, -0.1) is 0 Å². The molecule has 4 nitrogen and oxygen atoms in total. The molecular weight excluding hydrogens is 151 g/mol. The fourth-order valence-corrected chi connectivity index (χ4v) is 1.58. The van der Waals surface area contributed by atoms with E-state index in [1.54, 1.807) is 6.92 Å². The first kappa shape index (κ1) is 6.58. The second kappa shape index (κ2) is 2.37. The highest BCUT2D eigenvalue weighted by Gasteiger charge is 2.38. The Labute approximate surface area is 51.5 Å². The molecule has 0 radical (unpaired) electrons. The lowest BCUT2D eigenvalue weighted by molar-refractivity contribution is 0.203. The molecular formula is C2H5O4PS. The van der Waals surface area contributed by atoms with E-state index in [0.717, 1.165) is 0 Å². The molecule has 1 aliphatic rings. The summed E-state index contributed by atoms with van der Waals surface area (Å²) in [6, 6.07) is 0. The van der Waals surface area contributed by atoms with E-state index in [1.165, 1.54) is 0 Å². The molecule has 6 heteroatoms. The Morgan fingerprint density at radius 2 is 2.38 bits per heavy atom. The highest BCUT2D eigenvalue weighted by Crippen LogP contribution is 2.65. The molecule has 0 aromatic carbocycles. The summed E-state index contributed by atoms with van der Waals surface area (Å²) in [4.78, 5) is 0. The van der Waals surface area contributed by atoms with Crippen LogP contribution in [0.5, 0.6) is 0 Å². The molecule has 0 aromatic rings. The van der Waals surface area contributed by atoms with Crippen LogP contribution >= 0.6 is 20.1 Å². The van der Waals surface area contributed by atoms with Crippen molar-refractivity contribution in [1.82, 2.24) is 0 Å². The maximum absolute atomic E-state index is 10.6. The lowest BCUT2D eigenvalue weighted by Gasteiger charge is -2.20. The van der Waals surface area contributed by atoms with Crippen LogP contribution in [0.2, 0.25) is 0 Å². The maximum atomic E-state index is 10.6. The molecule has 8 heavy (non-hydrogen) atoms. The van der Waals surface area contributed by atoms with E-state index >= 15 is 0 Å². The van der Waals surface area contributed by atoms with Crippen LogP contribution in [-0.4, -0.2) is 6.61 Å². The average Bonchev–Trinajstić information content (AvgIpc) is 1.64. The van der Waals surface area contributed by atoms with Gasteiger partial charge in [-0.1, -0.05) is 0 Å². The monoisotopic (exact) mass is 156 g/mol. The van der Waals surface area contributed by atoms with E-state index in [9.17, 15) is 4.57 Å². The minimum Gasteiger partial charge on any atom is -0.286 e. The summed E-state index contributed by atoms with van der Waals surface area (Å²) >= 11 is 0.696. The lowest BCUT2D eigenvalue weighted by Crippen LogP contribution is -1.99. The van der Waals surface area contributed by atoms with Crippen LogP contribution in [0.25, 0.3) is 0 Å². The molecule has 0 bridgehead atoms. The van der Waals surface area contributed by atoms with Crippen molar-refractivity contribution >= 4 is 20.1 Å². The normalized spacial score (nSPS) is 24.6. The molecule has 0 N–H and O–H groups in total. The van der Waals surface area contributed by atoms with Crippen molar-refractivity contribution in [2.24, 2.45) is 0 Å². The zero-order valence-corrected chi connectivity index (χ0v) is 5.91. The fraction of sp³-hybridized carbons (Fsp3) is 1.00. The van der Waals surface area contributed by atoms with Crippen LogP contribution < -0.4 is 0 Å². The molecule has 0 saturated carbocycles. The van der Waals surface area contributed by atoms with Crippen molar-refractivity contribution in [2.45, 2.75) is 6.92 Å². The first-order valence-corrected chi connectivity index (χ1v) is 4.19. The molecule has 48 valence electrons. The Bertz CT molecular complexity index is 117. The number of rotatable bonds is 2. The summed E-state index contributed by atoms with van der Waals surface area (Å²) in [5.74, 6) is 0. The summed E-state index contributed by atoms with van der Waals surface area (Å²) in [6.45, 7) is 2.06. The quantitative estimate of drug-likeness (QED) is 0.450. The van der Waals surface area contributed by atoms with Crippen molar-refractivity contribution in [3.8, 4) is 0 Å². The summed E-state index contributed by atoms with van der Waals surface area (Å²) < 4.78 is 23.9. The lowest BCUT2D eigenvalue weighted by atomic mass is 10.9. The van der Waals surface area contributed by atoms with E-state index in [4.69, 9.17) is 0 Å². The number of hydrogen-bond donors (Lipinski definition) is 0. The van der Waals surface area contributed by atoms with Crippen molar-refractivity contribution in [3.05, 3.63) is 0 Å². The minimum absolute atomic E-state index is 0.345. The van der Waals surface area contributed by atoms with Gasteiger partial charge in [0.15, 0.2) is 12.3 Å². The Balaban J connectivity index is 2.31. The SMILES string of the molecule is CCOP1(=O)OSO1. The van der Waals surface area contributed by atoms with Gasteiger partial charge in [-0.25, -0.2) is 4.57 Å². The summed E-state index contributed by atoms with van der Waals surface area (Å²) in [6.07, 6.45) is 0. The highest BCUT2D eigenvalue weighted by atomic mass is 32.2. The molecule has 1 aliphatic heterocycles. The molecule has 0 aromatic heterocycles. The third kappa shape index (κ3) is 1.24. The zero-order chi connectivity index (χ0) is 6.04. The van der Waals surface area contributed by atoms with Gasteiger partial charge in [0.25, 0.3) is 0 Å². The molecule has 0 spiro atoms. The largest absolute Gasteiger partial charge is 0.501 e. The van der Waals surface area contributed by atoms with Gasteiger partial charge < -0.3 is 0 Å². The van der Waals surface area contributed by atoms with Gasteiger partial charge in [-0.05, 0) is 6.92 Å². The van der Waals surface area contributed by atoms with Gasteiger partial charge in [0.05, 0.1) is 6.61 Å². The van der Waals surface area contributed by atoms with Gasteiger partial charge >= 0.3 is 7.82 Å². The van der Waals surface area contributed by atoms with E-state index in [-0.39, 0.29) is 0 Å². The van der Waals surface area contributed by atoms with E-state index in [2.05, 4.69) is 12.5 Å². The van der Waals surface area contributed by atoms with Crippen LogP contribution in [0.3, 0.4) is 0 Å². The van der Waals surface area contributed by atoms with Gasteiger partial charge in [-0.3, -0.25) is 4.52 Å². The zero-order valence-electron chi connectivity index (χ0n) is 4.20. The standard InChI is InChI=1S/C2H5O4PS/c1-2-4-7(3)5-8-6-7/h2H2,1H3. The van der Waals surface area contributed by atoms with Crippen molar-refractivity contribution in [1.29, 1.82) is 0 Å². The molecule has 0 amide bonds. The van der Waals surface area contributed by atoms with Crippen LogP contribution in [0.1, 0.15) is 6.92 Å².